The molecule has 0 saturated heterocycles. The highest BCUT2D eigenvalue weighted by Crippen LogP contribution is 2.34. The third-order valence-corrected chi connectivity index (χ3v) is 3.92. The molecule has 0 aliphatic carbocycles. The number of hydrogen-bond donors (Lipinski definition) is 1. The lowest BCUT2D eigenvalue weighted by molar-refractivity contribution is 0.405. The molecule has 0 spiro atoms. The van der Waals surface area contributed by atoms with E-state index in [9.17, 15) is 5.11 Å². The summed E-state index contributed by atoms with van der Waals surface area (Å²) >= 11 is 1.35. The summed E-state index contributed by atoms with van der Waals surface area (Å²) in [5.41, 5.74) is 1.34. The van der Waals surface area contributed by atoms with Gasteiger partial charge in [0.05, 0.1) is 18.7 Å². The number of rotatable bonds is 2. The van der Waals surface area contributed by atoms with Gasteiger partial charge in [0.25, 0.3) is 5.19 Å². The number of furan rings is 1. The number of phenols is 1. The van der Waals surface area contributed by atoms with Gasteiger partial charge in [-0.3, -0.25) is 0 Å². The molecule has 0 aliphatic rings. The molecule has 4 aromatic rings. The topological polar surface area (TPSA) is 72.8 Å². The standard InChI is InChI=1S/C13H9N3O3S/c1-18-13-15-16-8(6-14-12(16)20-13)11-5-7-9(17)3-2-4-10(7)19-11/h2-6,17H,1H3. The van der Waals surface area contributed by atoms with Gasteiger partial charge in [0, 0.05) is 0 Å². The van der Waals surface area contributed by atoms with E-state index in [0.29, 0.717) is 21.9 Å². The molecule has 3 aromatic heterocycles. The Hall–Kier alpha value is -2.54. The van der Waals surface area contributed by atoms with E-state index in [-0.39, 0.29) is 5.75 Å². The van der Waals surface area contributed by atoms with Crippen LogP contribution in [0.25, 0.3) is 27.4 Å². The van der Waals surface area contributed by atoms with E-state index in [1.165, 1.54) is 11.3 Å². The minimum absolute atomic E-state index is 0.189. The number of methoxy groups -OCH3 is 1. The monoisotopic (exact) mass is 287 g/mol. The maximum Gasteiger partial charge on any atom is 0.294 e. The van der Waals surface area contributed by atoms with Crippen LogP contribution in [-0.2, 0) is 0 Å². The number of hydrogen-bond acceptors (Lipinski definition) is 6. The van der Waals surface area contributed by atoms with Crippen LogP contribution in [0.1, 0.15) is 0 Å². The molecule has 0 bridgehead atoms. The summed E-state index contributed by atoms with van der Waals surface area (Å²) in [5, 5.41) is 15.3. The van der Waals surface area contributed by atoms with E-state index in [2.05, 4.69) is 10.1 Å². The van der Waals surface area contributed by atoms with Crippen LogP contribution in [-0.4, -0.2) is 26.8 Å². The molecular weight excluding hydrogens is 278 g/mol. The van der Waals surface area contributed by atoms with E-state index < -0.39 is 0 Å². The third kappa shape index (κ3) is 1.50. The van der Waals surface area contributed by atoms with Crippen molar-refractivity contribution in [1.82, 2.24) is 14.6 Å². The Kier molecular flexibility index (Phi) is 2.25. The van der Waals surface area contributed by atoms with Crippen molar-refractivity contribution in [3.8, 4) is 22.4 Å². The molecule has 4 rings (SSSR count). The summed E-state index contributed by atoms with van der Waals surface area (Å²) < 4.78 is 12.5. The molecule has 3 heterocycles. The first kappa shape index (κ1) is 11.3. The van der Waals surface area contributed by atoms with Gasteiger partial charge in [0.1, 0.15) is 17.0 Å². The second-order valence-electron chi connectivity index (χ2n) is 4.21. The van der Waals surface area contributed by atoms with Gasteiger partial charge in [-0.15, -0.1) is 5.10 Å². The van der Waals surface area contributed by atoms with Gasteiger partial charge >= 0.3 is 0 Å². The number of phenolic OH excluding ortho intramolecular Hbond substituents is 1. The Labute approximate surface area is 116 Å². The predicted octanol–water partition coefficient (Wildman–Crippen LogP) is 2.92. The lowest BCUT2D eigenvalue weighted by Crippen LogP contribution is -1.88. The fraction of sp³-hybridized carbons (Fsp3) is 0.0769. The van der Waals surface area contributed by atoms with Crippen LogP contribution in [0.2, 0.25) is 0 Å². The zero-order valence-electron chi connectivity index (χ0n) is 10.4. The predicted molar refractivity (Wildman–Crippen MR) is 74.3 cm³/mol. The van der Waals surface area contributed by atoms with Crippen LogP contribution in [0, 0.1) is 0 Å². The van der Waals surface area contributed by atoms with Crippen molar-refractivity contribution in [3.05, 3.63) is 30.5 Å². The Balaban J connectivity index is 1.96. The van der Waals surface area contributed by atoms with Crippen molar-refractivity contribution in [2.24, 2.45) is 0 Å². The van der Waals surface area contributed by atoms with Crippen molar-refractivity contribution < 1.29 is 14.3 Å². The van der Waals surface area contributed by atoms with Gasteiger partial charge < -0.3 is 14.3 Å². The van der Waals surface area contributed by atoms with E-state index in [4.69, 9.17) is 9.15 Å². The first-order chi connectivity index (χ1) is 9.76. The molecule has 7 heteroatoms. The van der Waals surface area contributed by atoms with Crippen molar-refractivity contribution in [2.45, 2.75) is 0 Å². The number of nitrogens with zero attached hydrogens (tertiary/aromatic N) is 3. The first-order valence-corrected chi connectivity index (χ1v) is 6.68. The lowest BCUT2D eigenvalue weighted by Gasteiger charge is -1.92. The SMILES string of the molecule is COc1nn2c(-c3cc4c(O)cccc4o3)cnc2s1. The van der Waals surface area contributed by atoms with Crippen LogP contribution in [0.15, 0.2) is 34.9 Å². The summed E-state index contributed by atoms with van der Waals surface area (Å²) in [7, 11) is 1.57. The Morgan fingerprint density at radius 1 is 1.40 bits per heavy atom. The zero-order valence-corrected chi connectivity index (χ0v) is 11.2. The molecular formula is C13H9N3O3S. The van der Waals surface area contributed by atoms with Gasteiger partial charge in [-0.25, -0.2) is 4.98 Å². The van der Waals surface area contributed by atoms with E-state index in [1.54, 1.807) is 42.1 Å². The molecule has 0 atom stereocenters. The van der Waals surface area contributed by atoms with Gasteiger partial charge in [0.15, 0.2) is 5.76 Å². The number of benzene rings is 1. The third-order valence-electron chi connectivity index (χ3n) is 3.03. The van der Waals surface area contributed by atoms with E-state index >= 15 is 0 Å². The van der Waals surface area contributed by atoms with Crippen molar-refractivity contribution >= 4 is 27.3 Å². The molecule has 0 amide bonds. The van der Waals surface area contributed by atoms with Crippen molar-refractivity contribution in [1.29, 1.82) is 0 Å². The highest BCUT2D eigenvalue weighted by Gasteiger charge is 2.16. The van der Waals surface area contributed by atoms with Crippen LogP contribution in [0.4, 0.5) is 0 Å². The quantitative estimate of drug-likeness (QED) is 0.613. The maximum atomic E-state index is 9.82. The van der Waals surface area contributed by atoms with Gasteiger partial charge in [-0.2, -0.15) is 4.52 Å². The Morgan fingerprint density at radius 2 is 2.30 bits per heavy atom. The van der Waals surface area contributed by atoms with Crippen LogP contribution in [0.3, 0.4) is 0 Å². The fourth-order valence-corrected chi connectivity index (χ4v) is 2.79. The molecule has 0 fully saturated rings. The number of aromatic nitrogens is 3. The largest absolute Gasteiger partial charge is 0.507 e. The molecule has 0 saturated carbocycles. The number of aromatic hydroxyl groups is 1. The minimum atomic E-state index is 0.189. The Morgan fingerprint density at radius 3 is 3.10 bits per heavy atom. The van der Waals surface area contributed by atoms with Gasteiger partial charge in [-0.1, -0.05) is 6.07 Å². The molecule has 0 radical (unpaired) electrons. The first-order valence-electron chi connectivity index (χ1n) is 5.87. The zero-order chi connectivity index (χ0) is 13.7. The Bertz CT molecular complexity index is 922. The smallest absolute Gasteiger partial charge is 0.294 e. The minimum Gasteiger partial charge on any atom is -0.507 e. The van der Waals surface area contributed by atoms with Crippen molar-refractivity contribution in [3.63, 3.8) is 0 Å². The number of imidazole rings is 1. The molecule has 0 unspecified atom stereocenters. The van der Waals surface area contributed by atoms with E-state index in [1.807, 2.05) is 0 Å². The molecule has 1 aromatic carbocycles. The van der Waals surface area contributed by atoms with Crippen LogP contribution >= 0.6 is 11.3 Å². The second kappa shape index (κ2) is 3.97. The van der Waals surface area contributed by atoms with E-state index in [0.717, 1.165) is 10.7 Å². The molecule has 20 heavy (non-hydrogen) atoms. The average molecular weight is 287 g/mol. The maximum absolute atomic E-state index is 9.82. The lowest BCUT2D eigenvalue weighted by atomic mass is 10.2. The molecule has 100 valence electrons. The molecule has 0 aliphatic heterocycles. The van der Waals surface area contributed by atoms with Gasteiger partial charge in [0.2, 0.25) is 4.96 Å². The molecule has 6 nitrogen and oxygen atoms in total. The summed E-state index contributed by atoms with van der Waals surface area (Å²) in [5.74, 6) is 0.788. The number of fused-ring (bicyclic) bond motifs is 2. The van der Waals surface area contributed by atoms with Gasteiger partial charge in [-0.05, 0) is 29.5 Å². The summed E-state index contributed by atoms with van der Waals surface area (Å²) in [4.78, 5) is 5.00. The highest BCUT2D eigenvalue weighted by atomic mass is 32.1. The second-order valence-corrected chi connectivity index (χ2v) is 5.13. The summed E-state index contributed by atoms with van der Waals surface area (Å²) in [6.45, 7) is 0. The average Bonchev–Trinajstić information content (AvgIpc) is 3.10. The summed E-state index contributed by atoms with van der Waals surface area (Å²) in [6.07, 6.45) is 1.69. The normalized spacial score (nSPS) is 11.4. The fourth-order valence-electron chi connectivity index (χ4n) is 2.10. The molecule has 1 N–H and O–H groups in total. The summed E-state index contributed by atoms with van der Waals surface area (Å²) in [6, 6.07) is 6.95. The van der Waals surface area contributed by atoms with Crippen molar-refractivity contribution in [2.75, 3.05) is 7.11 Å². The highest BCUT2D eigenvalue weighted by molar-refractivity contribution is 7.18. The number of ether oxygens (including phenoxy) is 1. The van der Waals surface area contributed by atoms with Crippen LogP contribution < -0.4 is 4.74 Å². The van der Waals surface area contributed by atoms with Crippen LogP contribution in [0.5, 0.6) is 10.9 Å².